The quantitative estimate of drug-likeness (QED) is 0.665. The first-order valence-electron chi connectivity index (χ1n) is 10.5. The number of fused-ring (bicyclic) bond motifs is 1. The van der Waals surface area contributed by atoms with E-state index in [0.29, 0.717) is 31.1 Å². The molecule has 0 aliphatic carbocycles. The van der Waals surface area contributed by atoms with E-state index >= 15 is 0 Å². The van der Waals surface area contributed by atoms with Crippen molar-refractivity contribution in [2.45, 2.75) is 30.6 Å². The number of carbonyl (C=O) groups is 2. The van der Waals surface area contributed by atoms with Crippen LogP contribution in [0, 0.1) is 0 Å². The van der Waals surface area contributed by atoms with Gasteiger partial charge in [-0.1, -0.05) is 0 Å². The number of rotatable bonds is 7. The predicted molar refractivity (Wildman–Crippen MR) is 111 cm³/mol. The Bertz CT molecular complexity index is 908. The van der Waals surface area contributed by atoms with Crippen LogP contribution in [0.25, 0.3) is 0 Å². The minimum absolute atomic E-state index is 0.112. The van der Waals surface area contributed by atoms with Crippen LogP contribution >= 0.6 is 0 Å². The van der Waals surface area contributed by atoms with E-state index in [1.807, 2.05) is 0 Å². The summed E-state index contributed by atoms with van der Waals surface area (Å²) in [5, 5.41) is 2.86. The second kappa shape index (κ2) is 8.91. The molecule has 2 amide bonds. The van der Waals surface area contributed by atoms with Gasteiger partial charge in [0.2, 0.25) is 15.9 Å². The Hall–Kier alpha value is -2.17. The van der Waals surface area contributed by atoms with Crippen molar-refractivity contribution in [2.75, 3.05) is 57.3 Å². The third-order valence-corrected chi connectivity index (χ3v) is 7.72. The zero-order valence-corrected chi connectivity index (χ0v) is 17.8. The first-order chi connectivity index (χ1) is 14.4. The number of sulfonamides is 1. The molecular formula is C20H28N4O5S. The summed E-state index contributed by atoms with van der Waals surface area (Å²) in [5.41, 5.74) is 0.321. The van der Waals surface area contributed by atoms with Crippen molar-refractivity contribution in [1.82, 2.24) is 14.5 Å². The van der Waals surface area contributed by atoms with E-state index in [1.54, 1.807) is 6.07 Å². The van der Waals surface area contributed by atoms with Crippen LogP contribution in [0.5, 0.6) is 5.75 Å². The van der Waals surface area contributed by atoms with Crippen LogP contribution in [0.3, 0.4) is 0 Å². The Balaban J connectivity index is 1.46. The van der Waals surface area contributed by atoms with Crippen molar-refractivity contribution in [2.24, 2.45) is 0 Å². The van der Waals surface area contributed by atoms with Crippen LogP contribution in [0.1, 0.15) is 25.7 Å². The molecule has 0 unspecified atom stereocenters. The summed E-state index contributed by atoms with van der Waals surface area (Å²) in [5.74, 6) is -0.240. The molecule has 10 heteroatoms. The topological polar surface area (TPSA) is 99.3 Å². The Morgan fingerprint density at radius 3 is 2.50 bits per heavy atom. The van der Waals surface area contributed by atoms with Crippen molar-refractivity contribution in [3.8, 4) is 5.75 Å². The lowest BCUT2D eigenvalue weighted by Gasteiger charge is -2.29. The number of nitrogens with zero attached hydrogens (tertiary/aromatic N) is 3. The van der Waals surface area contributed by atoms with Gasteiger partial charge in [0.1, 0.15) is 12.3 Å². The Morgan fingerprint density at radius 2 is 1.77 bits per heavy atom. The fraction of sp³-hybridized carbons (Fsp3) is 0.600. The number of amides is 2. The van der Waals surface area contributed by atoms with Gasteiger partial charge in [-0.2, -0.15) is 4.31 Å². The molecular weight excluding hydrogens is 408 g/mol. The predicted octanol–water partition coefficient (Wildman–Crippen LogP) is 0.409. The normalized spacial score (nSPS) is 20.3. The smallest absolute Gasteiger partial charge is 0.265 e. The number of carbonyl (C=O) groups excluding carboxylic acids is 2. The van der Waals surface area contributed by atoms with Crippen molar-refractivity contribution >= 4 is 27.5 Å². The van der Waals surface area contributed by atoms with Gasteiger partial charge in [0.05, 0.1) is 10.6 Å². The maximum absolute atomic E-state index is 12.9. The van der Waals surface area contributed by atoms with Crippen molar-refractivity contribution in [3.05, 3.63) is 18.2 Å². The van der Waals surface area contributed by atoms with Gasteiger partial charge < -0.3 is 15.0 Å². The largest absolute Gasteiger partial charge is 0.482 e. The first-order valence-corrected chi connectivity index (χ1v) is 12.0. The van der Waals surface area contributed by atoms with Gasteiger partial charge >= 0.3 is 0 Å². The molecule has 9 nitrogen and oxygen atoms in total. The van der Waals surface area contributed by atoms with E-state index in [9.17, 15) is 18.0 Å². The van der Waals surface area contributed by atoms with E-state index in [4.69, 9.17) is 4.74 Å². The molecule has 0 aromatic heterocycles. The fourth-order valence-corrected chi connectivity index (χ4v) is 5.69. The molecule has 3 aliphatic heterocycles. The second-order valence-electron chi connectivity index (χ2n) is 7.91. The second-order valence-corrected chi connectivity index (χ2v) is 9.85. The summed E-state index contributed by atoms with van der Waals surface area (Å²) in [7, 11) is -3.63. The molecule has 1 aromatic rings. The number of hydrogen-bond donors (Lipinski definition) is 1. The number of anilines is 1. The molecule has 164 valence electrons. The Labute approximate surface area is 177 Å². The van der Waals surface area contributed by atoms with E-state index < -0.39 is 10.0 Å². The minimum Gasteiger partial charge on any atom is -0.482 e. The standard InChI is InChI=1S/C20H28N4O5S/c25-19(21-7-12-22-8-1-2-9-22)14-24-17-13-16(5-6-18(17)29-15-20(24)26)30(27,28)23-10-3-4-11-23/h5-6,13H,1-4,7-12,14-15H2,(H,21,25). The highest BCUT2D eigenvalue weighted by molar-refractivity contribution is 7.89. The van der Waals surface area contributed by atoms with Gasteiger partial charge in [-0.15, -0.1) is 0 Å². The van der Waals surface area contributed by atoms with Crippen LogP contribution < -0.4 is 15.0 Å². The fourth-order valence-electron chi connectivity index (χ4n) is 4.15. The summed E-state index contributed by atoms with van der Waals surface area (Å²) >= 11 is 0. The van der Waals surface area contributed by atoms with Gasteiger partial charge in [-0.25, -0.2) is 8.42 Å². The highest BCUT2D eigenvalue weighted by Crippen LogP contribution is 2.35. The summed E-state index contributed by atoms with van der Waals surface area (Å²) in [6, 6.07) is 4.50. The lowest BCUT2D eigenvalue weighted by atomic mass is 10.2. The summed E-state index contributed by atoms with van der Waals surface area (Å²) in [6.07, 6.45) is 4.07. The summed E-state index contributed by atoms with van der Waals surface area (Å²) in [4.78, 5) is 28.6. The highest BCUT2D eigenvalue weighted by atomic mass is 32.2. The number of hydrogen-bond acceptors (Lipinski definition) is 6. The van der Waals surface area contributed by atoms with Crippen LogP contribution in [-0.4, -0.2) is 81.9 Å². The van der Waals surface area contributed by atoms with E-state index in [2.05, 4.69) is 10.2 Å². The van der Waals surface area contributed by atoms with Gasteiger partial charge in [-0.3, -0.25) is 14.5 Å². The van der Waals surface area contributed by atoms with Gasteiger partial charge in [0.15, 0.2) is 6.61 Å². The van der Waals surface area contributed by atoms with Gasteiger partial charge in [0, 0.05) is 26.2 Å². The number of ether oxygens (including phenoxy) is 1. The van der Waals surface area contributed by atoms with Crippen molar-refractivity contribution in [1.29, 1.82) is 0 Å². The molecule has 3 heterocycles. The SMILES string of the molecule is O=C(CN1C(=O)COc2ccc(S(=O)(=O)N3CCCC3)cc21)NCCN1CCCC1. The van der Waals surface area contributed by atoms with E-state index in [-0.39, 0.29) is 29.9 Å². The van der Waals surface area contributed by atoms with Gasteiger partial charge in [-0.05, 0) is 57.0 Å². The minimum atomic E-state index is -3.63. The average molecular weight is 437 g/mol. The summed E-state index contributed by atoms with van der Waals surface area (Å²) < 4.78 is 32.7. The lowest BCUT2D eigenvalue weighted by molar-refractivity contribution is -0.125. The molecule has 30 heavy (non-hydrogen) atoms. The lowest BCUT2D eigenvalue weighted by Crippen LogP contribution is -2.46. The molecule has 0 spiro atoms. The first kappa shape index (κ1) is 21.1. The molecule has 2 saturated heterocycles. The monoisotopic (exact) mass is 436 g/mol. The number of likely N-dealkylation sites (tertiary alicyclic amines) is 1. The maximum Gasteiger partial charge on any atom is 0.265 e. The van der Waals surface area contributed by atoms with E-state index in [0.717, 1.165) is 32.5 Å². The third kappa shape index (κ3) is 4.45. The Kier molecular flexibility index (Phi) is 6.26. The van der Waals surface area contributed by atoms with Crippen LogP contribution in [-0.2, 0) is 19.6 Å². The molecule has 2 fully saturated rings. The third-order valence-electron chi connectivity index (χ3n) is 5.83. The van der Waals surface area contributed by atoms with Crippen LogP contribution in [0.2, 0.25) is 0 Å². The summed E-state index contributed by atoms with van der Waals surface area (Å²) in [6.45, 7) is 4.08. The molecule has 0 bridgehead atoms. The van der Waals surface area contributed by atoms with Crippen molar-refractivity contribution < 1.29 is 22.7 Å². The molecule has 1 N–H and O–H groups in total. The van der Waals surface area contributed by atoms with Crippen LogP contribution in [0.4, 0.5) is 5.69 Å². The molecule has 0 saturated carbocycles. The molecule has 3 aliphatic rings. The average Bonchev–Trinajstić information content (AvgIpc) is 3.44. The molecule has 0 atom stereocenters. The van der Waals surface area contributed by atoms with Crippen LogP contribution in [0.15, 0.2) is 23.1 Å². The highest BCUT2D eigenvalue weighted by Gasteiger charge is 2.32. The van der Waals surface area contributed by atoms with E-state index in [1.165, 1.54) is 34.2 Å². The zero-order valence-electron chi connectivity index (χ0n) is 17.0. The van der Waals surface area contributed by atoms with Gasteiger partial charge in [0.25, 0.3) is 5.91 Å². The molecule has 1 aromatic carbocycles. The number of benzene rings is 1. The maximum atomic E-state index is 12.9. The molecule has 4 rings (SSSR count). The molecule has 0 radical (unpaired) electrons. The Morgan fingerprint density at radius 1 is 1.07 bits per heavy atom. The number of nitrogens with one attached hydrogen (secondary N) is 1. The zero-order chi connectivity index (χ0) is 21.1. The van der Waals surface area contributed by atoms with Crippen molar-refractivity contribution in [3.63, 3.8) is 0 Å².